The molecule has 0 aliphatic rings. The molecule has 0 aliphatic heterocycles. The Balaban J connectivity index is 2.62. The average Bonchev–Trinajstić information content (AvgIpc) is 2.47. The molecule has 0 saturated carbocycles. The van der Waals surface area contributed by atoms with Crippen LogP contribution < -0.4 is 5.43 Å². The van der Waals surface area contributed by atoms with Gasteiger partial charge in [0.15, 0.2) is 0 Å². The Kier molecular flexibility index (Phi) is 4.98. The van der Waals surface area contributed by atoms with Crippen molar-refractivity contribution in [2.24, 2.45) is 0 Å². The van der Waals surface area contributed by atoms with Crippen LogP contribution in [0, 0.1) is 5.82 Å². The van der Waals surface area contributed by atoms with Crippen molar-refractivity contribution >= 4 is 5.97 Å². The molecule has 0 amide bonds. The van der Waals surface area contributed by atoms with Crippen molar-refractivity contribution in [1.82, 2.24) is 4.57 Å². The van der Waals surface area contributed by atoms with Crippen LogP contribution in [0.5, 0.6) is 0 Å². The van der Waals surface area contributed by atoms with Crippen molar-refractivity contribution in [1.29, 1.82) is 0 Å². The van der Waals surface area contributed by atoms with Crippen LogP contribution in [0.3, 0.4) is 0 Å². The zero-order valence-corrected chi connectivity index (χ0v) is 13.7. The molecule has 0 bridgehead atoms. The summed E-state index contributed by atoms with van der Waals surface area (Å²) in [4.78, 5) is 24.8. The summed E-state index contributed by atoms with van der Waals surface area (Å²) in [6.45, 7) is 7.33. The topological polar surface area (TPSA) is 48.3 Å². The van der Waals surface area contributed by atoms with E-state index in [9.17, 15) is 14.0 Å². The first-order valence-electron chi connectivity index (χ1n) is 7.52. The van der Waals surface area contributed by atoms with Gasteiger partial charge in [-0.25, -0.2) is 9.18 Å². The molecule has 0 aliphatic carbocycles. The molecule has 0 spiro atoms. The van der Waals surface area contributed by atoms with Crippen molar-refractivity contribution in [3.63, 3.8) is 0 Å². The summed E-state index contributed by atoms with van der Waals surface area (Å²) in [5.41, 5.74) is 0.468. The van der Waals surface area contributed by atoms with Gasteiger partial charge in [0.1, 0.15) is 11.4 Å². The number of carbonyl (C=O) groups excluding carboxylic acids is 1. The SMILES string of the molecule is CC(C)OC(=O)c1cn(C(C)C)cc(-c2ccc(F)cc2)c1=O. The van der Waals surface area contributed by atoms with Crippen LogP contribution in [-0.2, 0) is 4.74 Å². The molecule has 0 unspecified atom stereocenters. The maximum atomic E-state index is 13.1. The van der Waals surface area contributed by atoms with Crippen LogP contribution in [0.2, 0.25) is 0 Å². The molecule has 0 fully saturated rings. The number of esters is 1. The highest BCUT2D eigenvalue weighted by Gasteiger charge is 2.19. The second-order valence-corrected chi connectivity index (χ2v) is 5.92. The molecule has 2 rings (SSSR count). The summed E-state index contributed by atoms with van der Waals surface area (Å²) in [5.74, 6) is -1.03. The third kappa shape index (κ3) is 3.86. The third-order valence-corrected chi connectivity index (χ3v) is 3.36. The van der Waals surface area contributed by atoms with Crippen LogP contribution in [0.25, 0.3) is 11.1 Å². The van der Waals surface area contributed by atoms with E-state index in [1.807, 2.05) is 13.8 Å². The number of pyridine rings is 1. The van der Waals surface area contributed by atoms with Gasteiger partial charge in [-0.3, -0.25) is 4.79 Å². The van der Waals surface area contributed by atoms with Gasteiger partial charge in [-0.15, -0.1) is 0 Å². The lowest BCUT2D eigenvalue weighted by Crippen LogP contribution is -2.24. The van der Waals surface area contributed by atoms with E-state index >= 15 is 0 Å². The molecular formula is C18H20FNO3. The predicted molar refractivity (Wildman–Crippen MR) is 87.0 cm³/mol. The van der Waals surface area contributed by atoms with Gasteiger partial charge < -0.3 is 9.30 Å². The van der Waals surface area contributed by atoms with Crippen molar-refractivity contribution in [2.45, 2.75) is 39.8 Å². The smallest absolute Gasteiger partial charge is 0.343 e. The molecule has 5 heteroatoms. The van der Waals surface area contributed by atoms with Crippen molar-refractivity contribution in [3.05, 3.63) is 58.3 Å². The van der Waals surface area contributed by atoms with E-state index in [1.54, 1.807) is 24.6 Å². The molecule has 1 aromatic carbocycles. The molecule has 122 valence electrons. The highest BCUT2D eigenvalue weighted by atomic mass is 19.1. The molecule has 1 aromatic heterocycles. The van der Waals surface area contributed by atoms with Gasteiger partial charge in [0, 0.05) is 24.0 Å². The molecule has 0 saturated heterocycles. The van der Waals surface area contributed by atoms with E-state index in [0.717, 1.165) is 0 Å². The van der Waals surface area contributed by atoms with Gasteiger partial charge in [-0.1, -0.05) is 12.1 Å². The first kappa shape index (κ1) is 16.9. The van der Waals surface area contributed by atoms with E-state index in [-0.39, 0.29) is 23.5 Å². The molecule has 1 heterocycles. The van der Waals surface area contributed by atoms with E-state index in [2.05, 4.69) is 0 Å². The van der Waals surface area contributed by atoms with Crippen molar-refractivity contribution < 1.29 is 13.9 Å². The quantitative estimate of drug-likeness (QED) is 0.806. The first-order chi connectivity index (χ1) is 10.8. The average molecular weight is 317 g/mol. The zero-order chi connectivity index (χ0) is 17.1. The van der Waals surface area contributed by atoms with Crippen LogP contribution >= 0.6 is 0 Å². The van der Waals surface area contributed by atoms with Crippen LogP contribution in [0.15, 0.2) is 41.5 Å². The molecule has 0 atom stereocenters. The molecule has 0 radical (unpaired) electrons. The fourth-order valence-corrected chi connectivity index (χ4v) is 2.15. The Morgan fingerprint density at radius 1 is 1.09 bits per heavy atom. The van der Waals surface area contributed by atoms with E-state index in [0.29, 0.717) is 11.1 Å². The van der Waals surface area contributed by atoms with E-state index in [1.165, 1.54) is 30.5 Å². The Hall–Kier alpha value is -2.43. The Bertz CT molecular complexity index is 761. The van der Waals surface area contributed by atoms with Gasteiger partial charge in [0.2, 0.25) is 5.43 Å². The van der Waals surface area contributed by atoms with E-state index < -0.39 is 11.4 Å². The second-order valence-electron chi connectivity index (χ2n) is 5.92. The number of rotatable bonds is 4. The largest absolute Gasteiger partial charge is 0.459 e. The summed E-state index contributed by atoms with van der Waals surface area (Å²) in [6, 6.07) is 5.67. The third-order valence-electron chi connectivity index (χ3n) is 3.36. The lowest BCUT2D eigenvalue weighted by Gasteiger charge is -2.15. The lowest BCUT2D eigenvalue weighted by molar-refractivity contribution is 0.0375. The van der Waals surface area contributed by atoms with Gasteiger partial charge >= 0.3 is 5.97 Å². The zero-order valence-electron chi connectivity index (χ0n) is 13.7. The normalized spacial score (nSPS) is 11.1. The number of hydrogen-bond donors (Lipinski definition) is 0. The Morgan fingerprint density at radius 2 is 1.70 bits per heavy atom. The van der Waals surface area contributed by atoms with Crippen LogP contribution in [0.1, 0.15) is 44.1 Å². The maximum absolute atomic E-state index is 13.1. The number of ether oxygens (including phenoxy) is 1. The summed E-state index contributed by atoms with van der Waals surface area (Å²) in [6.07, 6.45) is 2.86. The standard InChI is InChI=1S/C18H20FNO3/c1-11(2)20-9-15(13-5-7-14(19)8-6-13)17(21)16(10-20)18(22)23-12(3)4/h5-12H,1-4H3. The fraction of sp³-hybridized carbons (Fsp3) is 0.333. The van der Waals surface area contributed by atoms with Crippen molar-refractivity contribution in [2.75, 3.05) is 0 Å². The summed E-state index contributed by atoms with van der Waals surface area (Å²) < 4.78 is 20.0. The predicted octanol–water partition coefficient (Wildman–Crippen LogP) is 3.80. The number of benzene rings is 1. The van der Waals surface area contributed by atoms with Crippen LogP contribution in [0.4, 0.5) is 4.39 Å². The number of nitrogens with zero attached hydrogens (tertiary/aromatic N) is 1. The molecule has 4 nitrogen and oxygen atoms in total. The fourth-order valence-electron chi connectivity index (χ4n) is 2.15. The van der Waals surface area contributed by atoms with Gasteiger partial charge in [-0.05, 0) is 45.4 Å². The highest BCUT2D eigenvalue weighted by molar-refractivity contribution is 5.90. The summed E-state index contributed by atoms with van der Waals surface area (Å²) >= 11 is 0. The number of aromatic nitrogens is 1. The minimum Gasteiger partial charge on any atom is -0.459 e. The minimum atomic E-state index is -0.650. The minimum absolute atomic E-state index is 0.0192. The van der Waals surface area contributed by atoms with Gasteiger partial charge in [0.05, 0.1) is 6.10 Å². The monoisotopic (exact) mass is 317 g/mol. The Labute approximate surface area is 134 Å². The number of carbonyl (C=O) groups is 1. The first-order valence-corrected chi connectivity index (χ1v) is 7.52. The number of halogens is 1. The maximum Gasteiger partial charge on any atom is 0.343 e. The van der Waals surface area contributed by atoms with Gasteiger partial charge in [0.25, 0.3) is 0 Å². The summed E-state index contributed by atoms with van der Waals surface area (Å²) in [7, 11) is 0. The van der Waals surface area contributed by atoms with Crippen molar-refractivity contribution in [3.8, 4) is 11.1 Å². The molecular weight excluding hydrogens is 297 g/mol. The van der Waals surface area contributed by atoms with Gasteiger partial charge in [-0.2, -0.15) is 0 Å². The lowest BCUT2D eigenvalue weighted by atomic mass is 10.0. The highest BCUT2D eigenvalue weighted by Crippen LogP contribution is 2.19. The number of hydrogen-bond acceptors (Lipinski definition) is 3. The Morgan fingerprint density at radius 3 is 2.22 bits per heavy atom. The summed E-state index contributed by atoms with van der Waals surface area (Å²) in [5, 5.41) is 0. The molecule has 0 N–H and O–H groups in total. The van der Waals surface area contributed by atoms with Crippen LogP contribution in [-0.4, -0.2) is 16.6 Å². The molecule has 2 aromatic rings. The van der Waals surface area contributed by atoms with E-state index in [4.69, 9.17) is 4.74 Å². The second kappa shape index (κ2) is 6.77. The molecule has 23 heavy (non-hydrogen) atoms.